The van der Waals surface area contributed by atoms with Crippen LogP contribution in [0.4, 0.5) is 0 Å². The molecule has 0 unspecified atom stereocenters. The summed E-state index contributed by atoms with van der Waals surface area (Å²) < 4.78 is 0. The van der Waals surface area contributed by atoms with Crippen LogP contribution in [0.1, 0.15) is 42.7 Å². The molecule has 4 heteroatoms. The molecule has 104 valence electrons. The van der Waals surface area contributed by atoms with E-state index in [1.807, 2.05) is 31.9 Å². The molecule has 1 spiro atoms. The Balaban J connectivity index is 0.000000637. The Morgan fingerprint density at radius 2 is 1.84 bits per heavy atom. The summed E-state index contributed by atoms with van der Waals surface area (Å²) in [4.78, 5) is 20.7. The molecule has 1 amide bonds. The summed E-state index contributed by atoms with van der Waals surface area (Å²) >= 11 is 0. The number of carbonyl (C=O) groups excluding carboxylic acids is 1. The predicted molar refractivity (Wildman–Crippen MR) is 76.1 cm³/mol. The molecule has 1 saturated heterocycles. The number of fused-ring (bicyclic) bond motifs is 2. The van der Waals surface area contributed by atoms with E-state index in [1.165, 1.54) is 0 Å². The zero-order chi connectivity index (χ0) is 14.0. The molecule has 1 fully saturated rings. The summed E-state index contributed by atoms with van der Waals surface area (Å²) in [5.74, 6) is 0.0742. The first kappa shape index (κ1) is 14.0. The van der Waals surface area contributed by atoms with Crippen LogP contribution in [-0.2, 0) is 5.54 Å². The van der Waals surface area contributed by atoms with Gasteiger partial charge in [-0.1, -0.05) is 19.9 Å². The maximum atomic E-state index is 12.2. The third kappa shape index (κ3) is 2.04. The molecule has 2 aliphatic heterocycles. The Labute approximate surface area is 115 Å². The van der Waals surface area contributed by atoms with Gasteiger partial charge in [0.1, 0.15) is 5.69 Å². The molecule has 0 aliphatic carbocycles. The summed E-state index contributed by atoms with van der Waals surface area (Å²) in [6.07, 6.45) is 3.72. The van der Waals surface area contributed by atoms with Crippen molar-refractivity contribution < 1.29 is 4.79 Å². The number of rotatable bonds is 0. The highest BCUT2D eigenvalue weighted by molar-refractivity contribution is 5.98. The molecule has 3 rings (SSSR count). The van der Waals surface area contributed by atoms with Crippen molar-refractivity contribution >= 4 is 5.91 Å². The molecule has 0 atom stereocenters. The van der Waals surface area contributed by atoms with Crippen LogP contribution in [0.15, 0.2) is 18.3 Å². The average Bonchev–Trinajstić information content (AvgIpc) is 2.68. The van der Waals surface area contributed by atoms with Gasteiger partial charge < -0.3 is 9.80 Å². The molecule has 4 nitrogen and oxygen atoms in total. The van der Waals surface area contributed by atoms with Crippen LogP contribution in [0.2, 0.25) is 0 Å². The fourth-order valence-corrected chi connectivity index (χ4v) is 3.08. The van der Waals surface area contributed by atoms with Crippen molar-refractivity contribution in [1.82, 2.24) is 14.8 Å². The van der Waals surface area contributed by atoms with Gasteiger partial charge in [-0.05, 0) is 26.0 Å². The van der Waals surface area contributed by atoms with Gasteiger partial charge in [0.2, 0.25) is 0 Å². The maximum absolute atomic E-state index is 12.2. The van der Waals surface area contributed by atoms with Gasteiger partial charge in [0.15, 0.2) is 0 Å². The number of nitrogens with zero attached hydrogens (tertiary/aromatic N) is 3. The van der Waals surface area contributed by atoms with E-state index in [9.17, 15) is 4.79 Å². The molecule has 0 aromatic carbocycles. The molecule has 1 aromatic rings. The Morgan fingerprint density at radius 3 is 2.47 bits per heavy atom. The number of likely N-dealkylation sites (tertiary alicyclic amines) is 1. The normalized spacial score (nSPS) is 21.1. The summed E-state index contributed by atoms with van der Waals surface area (Å²) in [6, 6.07) is 4.00. The van der Waals surface area contributed by atoms with Gasteiger partial charge in [-0.2, -0.15) is 0 Å². The highest BCUT2D eigenvalue weighted by Gasteiger charge is 2.49. The zero-order valence-corrected chi connectivity index (χ0v) is 12.3. The molecule has 19 heavy (non-hydrogen) atoms. The molecule has 0 radical (unpaired) electrons. The van der Waals surface area contributed by atoms with Crippen LogP contribution >= 0.6 is 0 Å². The van der Waals surface area contributed by atoms with Crippen molar-refractivity contribution in [1.29, 1.82) is 0 Å². The van der Waals surface area contributed by atoms with E-state index < -0.39 is 0 Å². The van der Waals surface area contributed by atoms with Crippen LogP contribution in [0.25, 0.3) is 0 Å². The molecular weight excluding hydrogens is 238 g/mol. The topological polar surface area (TPSA) is 36.4 Å². The first-order chi connectivity index (χ1) is 9.15. The third-order valence-corrected chi connectivity index (χ3v) is 4.27. The Hall–Kier alpha value is -1.42. The lowest BCUT2D eigenvalue weighted by Crippen LogP contribution is -2.48. The quantitative estimate of drug-likeness (QED) is 0.717. The Morgan fingerprint density at radius 1 is 1.21 bits per heavy atom. The smallest absolute Gasteiger partial charge is 0.273 e. The van der Waals surface area contributed by atoms with Crippen LogP contribution < -0.4 is 0 Å². The van der Waals surface area contributed by atoms with Crippen LogP contribution in [0.5, 0.6) is 0 Å². The number of hydrogen-bond donors (Lipinski definition) is 0. The average molecular weight is 261 g/mol. The van der Waals surface area contributed by atoms with E-state index in [2.05, 4.69) is 23.0 Å². The van der Waals surface area contributed by atoms with Gasteiger partial charge in [-0.15, -0.1) is 0 Å². The lowest BCUT2D eigenvalue weighted by molar-refractivity contribution is 0.0424. The second kappa shape index (κ2) is 5.29. The number of hydrogen-bond acceptors (Lipinski definition) is 3. The molecule has 1 aromatic heterocycles. The minimum Gasteiger partial charge on any atom is -0.330 e. The number of piperidine rings is 1. The largest absolute Gasteiger partial charge is 0.330 e. The monoisotopic (exact) mass is 261 g/mol. The van der Waals surface area contributed by atoms with Gasteiger partial charge in [0, 0.05) is 31.9 Å². The second-order valence-corrected chi connectivity index (χ2v) is 5.10. The standard InChI is InChI=1S/C13H17N3O.C2H6/c1-15-8-5-13(6-9-15)10-4-3-7-14-11(10)12(17)16(13)2;1-2/h3-4,7H,5-6,8-9H2,1-2H3;1-2H3. The van der Waals surface area contributed by atoms with Crippen LogP contribution in [0.3, 0.4) is 0 Å². The van der Waals surface area contributed by atoms with E-state index >= 15 is 0 Å². The van der Waals surface area contributed by atoms with Gasteiger partial charge in [-0.25, -0.2) is 0 Å². The minimum atomic E-state index is -0.104. The van der Waals surface area contributed by atoms with Crippen molar-refractivity contribution in [3.63, 3.8) is 0 Å². The van der Waals surface area contributed by atoms with Crippen LogP contribution in [-0.4, -0.2) is 47.9 Å². The Kier molecular flexibility index (Phi) is 3.90. The minimum absolute atomic E-state index is 0.0742. The summed E-state index contributed by atoms with van der Waals surface area (Å²) in [7, 11) is 4.04. The van der Waals surface area contributed by atoms with Gasteiger partial charge in [-0.3, -0.25) is 9.78 Å². The first-order valence-corrected chi connectivity index (χ1v) is 7.07. The molecule has 2 aliphatic rings. The third-order valence-electron chi connectivity index (χ3n) is 4.27. The first-order valence-electron chi connectivity index (χ1n) is 7.07. The van der Waals surface area contributed by atoms with Crippen LogP contribution in [0, 0.1) is 0 Å². The van der Waals surface area contributed by atoms with Crippen molar-refractivity contribution in [2.75, 3.05) is 27.2 Å². The van der Waals surface area contributed by atoms with E-state index in [1.54, 1.807) is 6.20 Å². The van der Waals surface area contributed by atoms with E-state index in [0.29, 0.717) is 5.69 Å². The fourth-order valence-electron chi connectivity index (χ4n) is 3.08. The van der Waals surface area contributed by atoms with E-state index in [4.69, 9.17) is 0 Å². The highest BCUT2D eigenvalue weighted by Crippen LogP contribution is 2.44. The summed E-state index contributed by atoms with van der Waals surface area (Å²) in [5.41, 5.74) is 1.67. The molecule has 0 N–H and O–H groups in total. The molecule has 3 heterocycles. The van der Waals surface area contributed by atoms with E-state index in [0.717, 1.165) is 31.5 Å². The highest BCUT2D eigenvalue weighted by atomic mass is 16.2. The second-order valence-electron chi connectivity index (χ2n) is 5.10. The van der Waals surface area contributed by atoms with Crippen molar-refractivity contribution in [2.45, 2.75) is 32.2 Å². The zero-order valence-electron chi connectivity index (χ0n) is 12.3. The van der Waals surface area contributed by atoms with Gasteiger partial charge >= 0.3 is 0 Å². The van der Waals surface area contributed by atoms with Crippen molar-refractivity contribution in [2.24, 2.45) is 0 Å². The number of carbonyl (C=O) groups is 1. The summed E-state index contributed by atoms with van der Waals surface area (Å²) in [5, 5.41) is 0. The lowest BCUT2D eigenvalue weighted by atomic mass is 9.82. The van der Waals surface area contributed by atoms with Crippen molar-refractivity contribution in [3.8, 4) is 0 Å². The Bertz CT molecular complexity index is 464. The predicted octanol–water partition coefficient (Wildman–Crippen LogP) is 2.11. The molecule has 0 bridgehead atoms. The SMILES string of the molecule is CC.CN1CCC2(CC1)c1cccnc1C(=O)N2C. The summed E-state index contributed by atoms with van der Waals surface area (Å²) in [6.45, 7) is 6.07. The molecule has 0 saturated carbocycles. The van der Waals surface area contributed by atoms with E-state index in [-0.39, 0.29) is 11.4 Å². The van der Waals surface area contributed by atoms with Crippen molar-refractivity contribution in [3.05, 3.63) is 29.6 Å². The van der Waals surface area contributed by atoms with Gasteiger partial charge in [0.25, 0.3) is 5.91 Å². The number of pyridine rings is 1. The lowest BCUT2D eigenvalue weighted by Gasteiger charge is -2.42. The maximum Gasteiger partial charge on any atom is 0.273 e. The fraction of sp³-hybridized carbons (Fsp3) is 0.600. The number of aromatic nitrogens is 1. The van der Waals surface area contributed by atoms with Gasteiger partial charge in [0.05, 0.1) is 5.54 Å². The molecular formula is C15H23N3O. The number of amides is 1.